The van der Waals surface area contributed by atoms with Crippen LogP contribution >= 0.6 is 0 Å². The summed E-state index contributed by atoms with van der Waals surface area (Å²) in [4.78, 5) is 25.7. The van der Waals surface area contributed by atoms with Crippen molar-refractivity contribution < 1.29 is 9.59 Å². The topological polar surface area (TPSA) is 49.4 Å². The third-order valence-corrected chi connectivity index (χ3v) is 4.24. The molecule has 1 saturated heterocycles. The Morgan fingerprint density at radius 2 is 2.06 bits per heavy atom. The largest absolute Gasteiger partial charge is 0.356 e. The lowest BCUT2D eigenvalue weighted by atomic mass is 10.0. The maximum atomic E-state index is 12.0. The molecule has 1 aliphatic carbocycles. The Labute approximate surface area is 109 Å². The molecule has 0 radical (unpaired) electrons. The van der Waals surface area contributed by atoms with Gasteiger partial charge in [0.05, 0.1) is 5.92 Å². The van der Waals surface area contributed by atoms with E-state index in [1.54, 1.807) is 0 Å². The summed E-state index contributed by atoms with van der Waals surface area (Å²) in [6, 6.07) is 0.439. The summed E-state index contributed by atoms with van der Waals surface area (Å²) >= 11 is 0. The number of nitrogens with zero attached hydrogens (tertiary/aromatic N) is 1. The van der Waals surface area contributed by atoms with Gasteiger partial charge >= 0.3 is 0 Å². The summed E-state index contributed by atoms with van der Waals surface area (Å²) in [7, 11) is 0. The van der Waals surface area contributed by atoms with E-state index in [1.807, 2.05) is 4.90 Å². The highest BCUT2D eigenvalue weighted by atomic mass is 16.2. The zero-order valence-electron chi connectivity index (χ0n) is 11.4. The molecule has 1 heterocycles. The first-order chi connectivity index (χ1) is 8.65. The fourth-order valence-electron chi connectivity index (χ4n) is 2.61. The van der Waals surface area contributed by atoms with Gasteiger partial charge in [-0.05, 0) is 18.8 Å². The monoisotopic (exact) mass is 252 g/mol. The summed E-state index contributed by atoms with van der Waals surface area (Å²) in [5.74, 6) is 0.677. The minimum Gasteiger partial charge on any atom is -0.356 e. The van der Waals surface area contributed by atoms with E-state index in [0.717, 1.165) is 32.2 Å². The van der Waals surface area contributed by atoms with Gasteiger partial charge in [-0.3, -0.25) is 9.59 Å². The van der Waals surface area contributed by atoms with Gasteiger partial charge in [-0.15, -0.1) is 0 Å². The second-order valence-electron chi connectivity index (χ2n) is 5.61. The molecule has 2 aliphatic rings. The minimum absolute atomic E-state index is 0.0680. The van der Waals surface area contributed by atoms with Crippen LogP contribution in [0, 0.1) is 11.8 Å². The van der Waals surface area contributed by atoms with Crippen molar-refractivity contribution in [3.05, 3.63) is 0 Å². The molecule has 1 unspecified atom stereocenters. The molecule has 4 nitrogen and oxygen atoms in total. The Morgan fingerprint density at radius 3 is 2.61 bits per heavy atom. The van der Waals surface area contributed by atoms with Crippen LogP contribution in [0.5, 0.6) is 0 Å². The van der Waals surface area contributed by atoms with E-state index in [4.69, 9.17) is 0 Å². The third kappa shape index (κ3) is 3.03. The van der Waals surface area contributed by atoms with Gasteiger partial charge in [-0.2, -0.15) is 0 Å². The number of amides is 2. The number of likely N-dealkylation sites (tertiary alicyclic amines) is 1. The van der Waals surface area contributed by atoms with Crippen LogP contribution in [-0.2, 0) is 9.59 Å². The molecule has 1 saturated carbocycles. The van der Waals surface area contributed by atoms with Crippen LogP contribution in [0.1, 0.15) is 46.0 Å². The quantitative estimate of drug-likeness (QED) is 0.779. The van der Waals surface area contributed by atoms with E-state index in [1.165, 1.54) is 0 Å². The Bertz CT molecular complexity index is 322. The van der Waals surface area contributed by atoms with E-state index in [2.05, 4.69) is 19.2 Å². The van der Waals surface area contributed by atoms with Crippen LogP contribution in [-0.4, -0.2) is 35.8 Å². The average Bonchev–Trinajstić information content (AvgIpc) is 3.13. The maximum Gasteiger partial charge on any atom is 0.225 e. The zero-order valence-corrected chi connectivity index (χ0v) is 11.4. The van der Waals surface area contributed by atoms with Crippen molar-refractivity contribution in [1.82, 2.24) is 10.2 Å². The number of nitrogens with one attached hydrogen (secondary N) is 1. The first-order valence-corrected chi connectivity index (χ1v) is 7.22. The lowest BCUT2D eigenvalue weighted by Crippen LogP contribution is -2.36. The number of carbonyl (C=O) groups is 2. The van der Waals surface area contributed by atoms with Gasteiger partial charge < -0.3 is 10.2 Å². The molecule has 0 aromatic heterocycles. The third-order valence-electron chi connectivity index (χ3n) is 4.24. The molecule has 4 heteroatoms. The first-order valence-electron chi connectivity index (χ1n) is 7.22. The minimum atomic E-state index is -0.118. The Hall–Kier alpha value is -1.06. The predicted molar refractivity (Wildman–Crippen MR) is 69.9 cm³/mol. The highest BCUT2D eigenvalue weighted by Crippen LogP contribution is 2.32. The van der Waals surface area contributed by atoms with Crippen molar-refractivity contribution in [3.8, 4) is 0 Å². The highest BCUT2D eigenvalue weighted by molar-refractivity contribution is 5.89. The maximum absolute atomic E-state index is 12.0. The molecule has 1 atom stereocenters. The molecule has 0 spiro atoms. The lowest BCUT2D eigenvalue weighted by Gasteiger charge is -2.17. The van der Waals surface area contributed by atoms with Crippen molar-refractivity contribution in [2.75, 3.05) is 13.1 Å². The number of hydrogen-bond donors (Lipinski definition) is 1. The molecular weight excluding hydrogens is 228 g/mol. The lowest BCUT2D eigenvalue weighted by molar-refractivity contribution is -0.129. The normalized spacial score (nSPS) is 23.8. The van der Waals surface area contributed by atoms with Crippen molar-refractivity contribution in [3.63, 3.8) is 0 Å². The second kappa shape index (κ2) is 5.72. The first kappa shape index (κ1) is 13.4. The van der Waals surface area contributed by atoms with Crippen molar-refractivity contribution in [2.24, 2.45) is 11.8 Å². The van der Waals surface area contributed by atoms with E-state index < -0.39 is 0 Å². The number of carbonyl (C=O) groups excluding carboxylic acids is 2. The molecule has 102 valence electrons. The van der Waals surface area contributed by atoms with E-state index >= 15 is 0 Å². The van der Waals surface area contributed by atoms with Gasteiger partial charge in [-0.25, -0.2) is 0 Å². The van der Waals surface area contributed by atoms with Gasteiger partial charge in [-0.1, -0.05) is 26.7 Å². The molecule has 2 amide bonds. The van der Waals surface area contributed by atoms with Gasteiger partial charge in [0.1, 0.15) is 0 Å². The van der Waals surface area contributed by atoms with E-state index in [0.29, 0.717) is 24.9 Å². The van der Waals surface area contributed by atoms with Crippen molar-refractivity contribution >= 4 is 11.8 Å². The summed E-state index contributed by atoms with van der Waals surface area (Å²) < 4.78 is 0. The molecule has 0 aromatic rings. The fourth-order valence-corrected chi connectivity index (χ4v) is 2.61. The van der Waals surface area contributed by atoms with Gasteiger partial charge in [0.15, 0.2) is 0 Å². The van der Waals surface area contributed by atoms with E-state index in [-0.39, 0.29) is 17.7 Å². The molecule has 2 fully saturated rings. The number of hydrogen-bond acceptors (Lipinski definition) is 2. The van der Waals surface area contributed by atoms with Crippen LogP contribution in [0.15, 0.2) is 0 Å². The molecule has 0 aromatic carbocycles. The van der Waals surface area contributed by atoms with Crippen molar-refractivity contribution in [1.29, 1.82) is 0 Å². The van der Waals surface area contributed by atoms with Crippen LogP contribution in [0.3, 0.4) is 0 Å². The molecular formula is C14H24N2O2. The van der Waals surface area contributed by atoms with Gasteiger partial charge in [0.25, 0.3) is 0 Å². The molecule has 0 bridgehead atoms. The Morgan fingerprint density at radius 1 is 1.39 bits per heavy atom. The summed E-state index contributed by atoms with van der Waals surface area (Å²) in [6.07, 6.45) is 4.83. The summed E-state index contributed by atoms with van der Waals surface area (Å²) in [5.41, 5.74) is 0. The van der Waals surface area contributed by atoms with Crippen LogP contribution in [0.4, 0.5) is 0 Å². The molecule has 18 heavy (non-hydrogen) atoms. The van der Waals surface area contributed by atoms with Gasteiger partial charge in [0, 0.05) is 25.6 Å². The second-order valence-corrected chi connectivity index (χ2v) is 5.61. The average molecular weight is 252 g/mol. The van der Waals surface area contributed by atoms with E-state index in [9.17, 15) is 9.59 Å². The Balaban J connectivity index is 1.77. The SMILES string of the molecule is CCC(CC)CNC(=O)C1CC(=O)N(C2CC2)C1. The molecule has 2 rings (SSSR count). The summed E-state index contributed by atoms with van der Waals surface area (Å²) in [5, 5.41) is 3.01. The van der Waals surface area contributed by atoms with Gasteiger partial charge in [0.2, 0.25) is 11.8 Å². The highest BCUT2D eigenvalue weighted by Gasteiger charge is 2.41. The summed E-state index contributed by atoms with van der Waals surface area (Å²) in [6.45, 7) is 5.68. The fraction of sp³-hybridized carbons (Fsp3) is 0.857. The molecule has 1 N–H and O–H groups in total. The van der Waals surface area contributed by atoms with Crippen LogP contribution in [0.2, 0.25) is 0 Å². The number of rotatable bonds is 6. The van der Waals surface area contributed by atoms with Crippen molar-refractivity contribution in [2.45, 2.75) is 52.0 Å². The smallest absolute Gasteiger partial charge is 0.225 e. The predicted octanol–water partition coefficient (Wildman–Crippen LogP) is 1.55. The zero-order chi connectivity index (χ0) is 13.1. The van der Waals surface area contributed by atoms with Crippen LogP contribution < -0.4 is 5.32 Å². The van der Waals surface area contributed by atoms with Crippen LogP contribution in [0.25, 0.3) is 0 Å². The Kier molecular flexibility index (Phi) is 4.25. The standard InChI is InChI=1S/C14H24N2O2/c1-3-10(4-2)8-15-14(18)11-7-13(17)16(9-11)12-5-6-12/h10-12H,3-9H2,1-2H3,(H,15,18). The molecule has 1 aliphatic heterocycles.